The van der Waals surface area contributed by atoms with Crippen molar-refractivity contribution < 1.29 is 4.79 Å². The molecule has 140 valence electrons. The van der Waals surface area contributed by atoms with E-state index < -0.39 is 0 Å². The number of aromatic nitrogens is 2. The maximum Gasteiger partial charge on any atom is 0.269 e. The number of nitrogens with two attached hydrogens (primary N) is 1. The highest BCUT2D eigenvalue weighted by molar-refractivity contribution is 6.33. The van der Waals surface area contributed by atoms with Crippen molar-refractivity contribution in [3.63, 3.8) is 0 Å². The molecule has 0 saturated heterocycles. The van der Waals surface area contributed by atoms with Crippen molar-refractivity contribution in [2.24, 2.45) is 17.6 Å². The van der Waals surface area contributed by atoms with E-state index >= 15 is 0 Å². The van der Waals surface area contributed by atoms with Crippen LogP contribution in [0.2, 0.25) is 5.02 Å². The maximum atomic E-state index is 12.7. The molecule has 2 saturated carbocycles. The summed E-state index contributed by atoms with van der Waals surface area (Å²) in [5.41, 5.74) is 8.15. The number of amides is 1. The third-order valence-electron chi connectivity index (χ3n) is 5.65. The van der Waals surface area contributed by atoms with Gasteiger partial charge in [0.1, 0.15) is 5.69 Å². The number of carbonyl (C=O) groups is 1. The Labute approximate surface area is 164 Å². The topological polar surface area (TPSA) is 83.8 Å². The highest BCUT2D eigenvalue weighted by Crippen LogP contribution is 2.39. The Kier molecular flexibility index (Phi) is 5.90. The Morgan fingerprint density at radius 2 is 1.92 bits per heavy atom. The molecule has 2 aliphatic carbocycles. The van der Waals surface area contributed by atoms with Gasteiger partial charge >= 0.3 is 0 Å². The van der Waals surface area contributed by atoms with Gasteiger partial charge in [0.25, 0.3) is 5.91 Å². The van der Waals surface area contributed by atoms with Gasteiger partial charge in [-0.25, -0.2) is 0 Å². The maximum absolute atomic E-state index is 12.7. The van der Waals surface area contributed by atoms with Gasteiger partial charge in [0.05, 0.1) is 10.7 Å². The molecule has 2 bridgehead atoms. The van der Waals surface area contributed by atoms with E-state index in [0.717, 1.165) is 31.2 Å². The van der Waals surface area contributed by atoms with Crippen LogP contribution >= 0.6 is 24.0 Å². The van der Waals surface area contributed by atoms with Crippen LogP contribution in [0.1, 0.15) is 42.6 Å². The second-order valence-corrected chi connectivity index (χ2v) is 7.74. The normalized spacial score (nSPS) is 27.5. The van der Waals surface area contributed by atoms with Crippen LogP contribution in [0, 0.1) is 11.8 Å². The average molecular weight is 395 g/mol. The van der Waals surface area contributed by atoms with Crippen molar-refractivity contribution in [1.29, 1.82) is 0 Å². The van der Waals surface area contributed by atoms with Crippen molar-refractivity contribution in [3.05, 3.63) is 41.0 Å². The summed E-state index contributed by atoms with van der Waals surface area (Å²) >= 11 is 6.22. The summed E-state index contributed by atoms with van der Waals surface area (Å²) in [6.07, 6.45) is 5.58. The van der Waals surface area contributed by atoms with E-state index in [1.807, 2.05) is 24.3 Å². The molecule has 2 atom stereocenters. The molecule has 1 aromatic heterocycles. The molecular weight excluding hydrogens is 371 g/mol. The average Bonchev–Trinajstić information content (AvgIpc) is 3.06. The van der Waals surface area contributed by atoms with Crippen LogP contribution in [0.15, 0.2) is 30.3 Å². The van der Waals surface area contributed by atoms with E-state index in [4.69, 9.17) is 17.3 Å². The first kappa shape index (κ1) is 19.2. The lowest BCUT2D eigenvalue weighted by molar-refractivity contribution is 0.0751. The number of rotatable bonds is 3. The lowest BCUT2D eigenvalue weighted by Crippen LogP contribution is -2.53. The molecule has 1 aromatic carbocycles. The summed E-state index contributed by atoms with van der Waals surface area (Å²) in [4.78, 5) is 12.7. The summed E-state index contributed by atoms with van der Waals surface area (Å²) in [5.74, 6) is 0.901. The summed E-state index contributed by atoms with van der Waals surface area (Å²) in [7, 11) is 0. The number of hydrogen-bond acceptors (Lipinski definition) is 3. The first-order valence-corrected chi connectivity index (χ1v) is 9.36. The van der Waals surface area contributed by atoms with Crippen LogP contribution in [0.3, 0.4) is 0 Å². The standard InChI is InChI=1S/C19H23ClN4O.ClH/c20-15-7-2-1-6-14(15)16-10-17(24-23-16)19(25)22-18-11-4-3-5-12(18)9-13(21)8-11;/h1-2,6-7,10-13,18H,3-5,8-9,21H2,(H,22,25)(H,23,24);1H. The lowest BCUT2D eigenvalue weighted by atomic mass is 9.67. The van der Waals surface area contributed by atoms with Crippen LogP contribution in [-0.2, 0) is 0 Å². The van der Waals surface area contributed by atoms with E-state index in [-0.39, 0.29) is 30.4 Å². The fraction of sp³-hybridized carbons (Fsp3) is 0.474. The van der Waals surface area contributed by atoms with Crippen molar-refractivity contribution in [1.82, 2.24) is 15.5 Å². The Bertz CT molecular complexity index is 764. The number of nitrogens with zero attached hydrogens (tertiary/aromatic N) is 1. The molecule has 1 amide bonds. The van der Waals surface area contributed by atoms with Crippen LogP contribution < -0.4 is 11.1 Å². The number of benzene rings is 1. The SMILES string of the molecule is Cl.NC1CC2CCCC(C1)C2NC(=O)c1cc(-c2ccccc2Cl)n[nH]1. The van der Waals surface area contributed by atoms with Gasteiger partial charge in [-0.2, -0.15) is 5.10 Å². The number of aromatic amines is 1. The molecular formula is C19H24Cl2N4O. The monoisotopic (exact) mass is 394 g/mol. The van der Waals surface area contributed by atoms with Crippen molar-refractivity contribution in [3.8, 4) is 11.3 Å². The van der Waals surface area contributed by atoms with Crippen molar-refractivity contribution in [2.45, 2.75) is 44.2 Å². The minimum Gasteiger partial charge on any atom is -0.347 e. The third-order valence-corrected chi connectivity index (χ3v) is 5.98. The summed E-state index contributed by atoms with van der Waals surface area (Å²) in [5, 5.41) is 11.0. The molecule has 26 heavy (non-hydrogen) atoms. The zero-order valence-corrected chi connectivity index (χ0v) is 16.0. The molecule has 0 aliphatic heterocycles. The first-order chi connectivity index (χ1) is 12.1. The number of nitrogens with one attached hydrogen (secondary N) is 2. The fourth-order valence-corrected chi connectivity index (χ4v) is 4.73. The van der Waals surface area contributed by atoms with Crippen LogP contribution in [0.5, 0.6) is 0 Å². The predicted molar refractivity (Wildman–Crippen MR) is 106 cm³/mol. The van der Waals surface area contributed by atoms with Gasteiger partial charge in [0.15, 0.2) is 0 Å². The second kappa shape index (κ2) is 7.99. The first-order valence-electron chi connectivity index (χ1n) is 8.98. The molecule has 2 unspecified atom stereocenters. The van der Waals surface area contributed by atoms with Gasteiger partial charge in [0.2, 0.25) is 0 Å². The van der Waals surface area contributed by atoms with Crippen LogP contribution in [0.4, 0.5) is 0 Å². The van der Waals surface area contributed by atoms with Gasteiger partial charge in [-0.1, -0.05) is 36.2 Å². The Morgan fingerprint density at radius 1 is 1.23 bits per heavy atom. The molecule has 4 rings (SSSR count). The van der Waals surface area contributed by atoms with E-state index in [0.29, 0.717) is 28.2 Å². The predicted octanol–water partition coefficient (Wildman–Crippen LogP) is 3.79. The summed E-state index contributed by atoms with van der Waals surface area (Å²) in [6.45, 7) is 0. The smallest absolute Gasteiger partial charge is 0.269 e. The second-order valence-electron chi connectivity index (χ2n) is 7.33. The summed E-state index contributed by atoms with van der Waals surface area (Å²) < 4.78 is 0. The van der Waals surface area contributed by atoms with Crippen LogP contribution in [0.25, 0.3) is 11.3 Å². The molecule has 7 heteroatoms. The Balaban J connectivity index is 0.00000196. The molecule has 5 nitrogen and oxygen atoms in total. The molecule has 0 radical (unpaired) electrons. The van der Waals surface area contributed by atoms with Gasteiger partial charge in [-0.15, -0.1) is 12.4 Å². The molecule has 4 N–H and O–H groups in total. The molecule has 1 heterocycles. The van der Waals surface area contributed by atoms with E-state index in [9.17, 15) is 4.79 Å². The minimum absolute atomic E-state index is 0. The third kappa shape index (κ3) is 3.75. The van der Waals surface area contributed by atoms with E-state index in [1.165, 1.54) is 6.42 Å². The van der Waals surface area contributed by atoms with Crippen molar-refractivity contribution >= 4 is 29.9 Å². The number of hydrogen-bond donors (Lipinski definition) is 3. The largest absolute Gasteiger partial charge is 0.347 e. The number of fused-ring (bicyclic) bond motifs is 2. The zero-order chi connectivity index (χ0) is 17.4. The zero-order valence-electron chi connectivity index (χ0n) is 14.5. The lowest BCUT2D eigenvalue weighted by Gasteiger charge is -2.45. The number of H-pyrrole nitrogens is 1. The van der Waals surface area contributed by atoms with Crippen LogP contribution in [-0.4, -0.2) is 28.2 Å². The Morgan fingerprint density at radius 3 is 2.62 bits per heavy atom. The van der Waals surface area contributed by atoms with Crippen molar-refractivity contribution in [2.75, 3.05) is 0 Å². The highest BCUT2D eigenvalue weighted by Gasteiger charge is 2.40. The van der Waals surface area contributed by atoms with Gasteiger partial charge in [0, 0.05) is 17.6 Å². The minimum atomic E-state index is -0.0943. The fourth-order valence-electron chi connectivity index (χ4n) is 4.50. The Hall–Kier alpha value is -1.56. The van der Waals surface area contributed by atoms with Gasteiger partial charge < -0.3 is 11.1 Å². The quantitative estimate of drug-likeness (QED) is 0.740. The molecule has 0 spiro atoms. The highest BCUT2D eigenvalue weighted by atomic mass is 35.5. The molecule has 2 aromatic rings. The molecule has 2 aliphatic rings. The van der Waals surface area contributed by atoms with E-state index in [1.54, 1.807) is 6.07 Å². The van der Waals surface area contributed by atoms with Gasteiger partial charge in [-0.3, -0.25) is 9.89 Å². The van der Waals surface area contributed by atoms with E-state index in [2.05, 4.69) is 15.5 Å². The van der Waals surface area contributed by atoms with Gasteiger partial charge in [-0.05, 0) is 49.7 Å². The summed E-state index contributed by atoms with van der Waals surface area (Å²) in [6, 6.07) is 9.77. The number of carbonyl (C=O) groups excluding carboxylic acids is 1. The molecule has 2 fully saturated rings. The number of halogens is 2.